The molecular weight excluding hydrogens is 252 g/mol. The van der Waals surface area contributed by atoms with Gasteiger partial charge in [-0.1, -0.05) is 19.1 Å². The minimum absolute atomic E-state index is 0.0139. The average Bonchev–Trinajstić information content (AvgIpc) is 2.39. The molecule has 0 heterocycles. The Kier molecular flexibility index (Phi) is 5.89. The van der Waals surface area contributed by atoms with E-state index in [-0.39, 0.29) is 42.9 Å². The summed E-state index contributed by atoms with van der Waals surface area (Å²) in [7, 11) is 0. The van der Waals surface area contributed by atoms with Gasteiger partial charge in [0.05, 0.1) is 0 Å². The lowest BCUT2D eigenvalue weighted by Gasteiger charge is -2.19. The Morgan fingerprint density at radius 3 is 2.68 bits per heavy atom. The number of benzene rings is 1. The highest BCUT2D eigenvalue weighted by atomic mass is 19.2. The van der Waals surface area contributed by atoms with E-state index in [1.807, 2.05) is 6.92 Å². The molecule has 0 saturated heterocycles. The molecule has 5 heteroatoms. The van der Waals surface area contributed by atoms with Crippen molar-refractivity contribution in [1.29, 1.82) is 0 Å². The van der Waals surface area contributed by atoms with Gasteiger partial charge in [0.2, 0.25) is 5.91 Å². The number of nitrogens with one attached hydrogen (secondary N) is 1. The summed E-state index contributed by atoms with van der Waals surface area (Å²) in [5.41, 5.74) is 0.193. The van der Waals surface area contributed by atoms with Gasteiger partial charge in [-0.05, 0) is 30.9 Å². The summed E-state index contributed by atoms with van der Waals surface area (Å²) in [6.07, 6.45) is 0.235. The van der Waals surface area contributed by atoms with Crippen LogP contribution in [0, 0.1) is 17.6 Å². The Balaban J connectivity index is 2.48. The lowest BCUT2D eigenvalue weighted by molar-refractivity contribution is -0.122. The Hall–Kier alpha value is -1.49. The molecule has 0 aromatic heterocycles. The molecule has 0 aliphatic heterocycles. The van der Waals surface area contributed by atoms with E-state index < -0.39 is 11.6 Å². The van der Waals surface area contributed by atoms with Crippen LogP contribution in [0.15, 0.2) is 18.2 Å². The van der Waals surface area contributed by atoms with Gasteiger partial charge in [0, 0.05) is 19.1 Å². The summed E-state index contributed by atoms with van der Waals surface area (Å²) >= 11 is 0. The van der Waals surface area contributed by atoms with Crippen LogP contribution in [0.25, 0.3) is 0 Å². The first-order chi connectivity index (χ1) is 8.95. The molecule has 0 spiro atoms. The van der Waals surface area contributed by atoms with Crippen molar-refractivity contribution >= 4 is 5.91 Å². The van der Waals surface area contributed by atoms with E-state index in [2.05, 4.69) is 5.32 Å². The molecule has 2 atom stereocenters. The van der Waals surface area contributed by atoms with Crippen LogP contribution < -0.4 is 5.32 Å². The number of amides is 1. The lowest BCUT2D eigenvalue weighted by Crippen LogP contribution is -2.38. The maximum atomic E-state index is 13.4. The molecule has 0 aliphatic carbocycles. The van der Waals surface area contributed by atoms with Gasteiger partial charge >= 0.3 is 0 Å². The number of aryl methyl sites for hydroxylation is 1. The number of carbonyl (C=O) groups excluding carboxylic acids is 1. The fourth-order valence-electron chi connectivity index (χ4n) is 1.62. The normalized spacial score (nSPS) is 13.9. The lowest BCUT2D eigenvalue weighted by atomic mass is 10.0. The number of hydrogen-bond acceptors (Lipinski definition) is 2. The summed E-state index contributed by atoms with van der Waals surface area (Å²) < 4.78 is 26.3. The second-order valence-corrected chi connectivity index (χ2v) is 4.73. The molecule has 0 fully saturated rings. The zero-order valence-corrected chi connectivity index (χ0v) is 11.1. The molecule has 1 amide bonds. The van der Waals surface area contributed by atoms with Crippen molar-refractivity contribution in [3.63, 3.8) is 0 Å². The second-order valence-electron chi connectivity index (χ2n) is 4.73. The van der Waals surface area contributed by atoms with Crippen molar-refractivity contribution in [2.45, 2.75) is 32.7 Å². The maximum absolute atomic E-state index is 13.4. The van der Waals surface area contributed by atoms with Gasteiger partial charge in [-0.15, -0.1) is 0 Å². The van der Waals surface area contributed by atoms with Crippen LogP contribution in [0.1, 0.15) is 25.8 Å². The molecule has 106 valence electrons. The number of aliphatic hydroxyl groups excluding tert-OH is 1. The Bertz CT molecular complexity index is 437. The molecule has 1 aromatic carbocycles. The third kappa shape index (κ3) is 4.59. The zero-order valence-electron chi connectivity index (χ0n) is 11.1. The predicted molar refractivity (Wildman–Crippen MR) is 68.5 cm³/mol. The van der Waals surface area contributed by atoms with Gasteiger partial charge in [-0.25, -0.2) is 8.78 Å². The van der Waals surface area contributed by atoms with E-state index >= 15 is 0 Å². The minimum atomic E-state index is -0.903. The number of carbonyl (C=O) groups is 1. The van der Waals surface area contributed by atoms with Crippen LogP contribution in [0.3, 0.4) is 0 Å². The molecule has 0 bridgehead atoms. The van der Waals surface area contributed by atoms with Gasteiger partial charge in [-0.3, -0.25) is 4.79 Å². The van der Waals surface area contributed by atoms with Crippen molar-refractivity contribution in [1.82, 2.24) is 5.32 Å². The summed E-state index contributed by atoms with van der Waals surface area (Å²) in [6, 6.07) is 3.77. The summed E-state index contributed by atoms with van der Waals surface area (Å²) in [5.74, 6) is -2.08. The van der Waals surface area contributed by atoms with Crippen molar-refractivity contribution in [2.24, 2.45) is 5.92 Å². The largest absolute Gasteiger partial charge is 0.396 e. The fourth-order valence-corrected chi connectivity index (χ4v) is 1.62. The van der Waals surface area contributed by atoms with E-state index in [1.54, 1.807) is 6.92 Å². The van der Waals surface area contributed by atoms with Gasteiger partial charge in [0.15, 0.2) is 11.6 Å². The van der Waals surface area contributed by atoms with E-state index in [4.69, 9.17) is 5.11 Å². The topological polar surface area (TPSA) is 49.3 Å². The zero-order chi connectivity index (χ0) is 14.4. The van der Waals surface area contributed by atoms with Crippen molar-refractivity contribution in [3.05, 3.63) is 35.4 Å². The number of hydrogen-bond donors (Lipinski definition) is 2. The maximum Gasteiger partial charge on any atom is 0.220 e. The van der Waals surface area contributed by atoms with E-state index in [1.165, 1.54) is 12.1 Å². The van der Waals surface area contributed by atoms with Crippen molar-refractivity contribution < 1.29 is 18.7 Å². The summed E-state index contributed by atoms with van der Waals surface area (Å²) in [5, 5.41) is 11.7. The molecule has 1 rings (SSSR count). The van der Waals surface area contributed by atoms with Crippen molar-refractivity contribution in [2.75, 3.05) is 6.61 Å². The van der Waals surface area contributed by atoms with Crippen LogP contribution in [-0.4, -0.2) is 23.7 Å². The van der Waals surface area contributed by atoms with Gasteiger partial charge in [0.25, 0.3) is 0 Å². The standard InChI is InChI=1S/C14H19F2NO2/c1-9(8-18)10(2)17-13(19)7-6-11-4-3-5-12(15)14(11)16/h3-5,9-10,18H,6-8H2,1-2H3,(H,17,19). The van der Waals surface area contributed by atoms with E-state index in [9.17, 15) is 13.6 Å². The fraction of sp³-hybridized carbons (Fsp3) is 0.500. The summed E-state index contributed by atoms with van der Waals surface area (Å²) in [6.45, 7) is 3.60. The van der Waals surface area contributed by atoms with E-state index in [0.717, 1.165) is 6.07 Å². The SMILES string of the molecule is CC(CO)C(C)NC(=O)CCc1cccc(F)c1F. The van der Waals surface area contributed by atoms with Crippen LogP contribution in [0.4, 0.5) is 8.78 Å². The minimum Gasteiger partial charge on any atom is -0.396 e. The summed E-state index contributed by atoms with van der Waals surface area (Å²) in [4.78, 5) is 11.6. The van der Waals surface area contributed by atoms with Crippen molar-refractivity contribution in [3.8, 4) is 0 Å². The average molecular weight is 271 g/mol. The van der Waals surface area contributed by atoms with Crippen LogP contribution in [0.2, 0.25) is 0 Å². The molecule has 19 heavy (non-hydrogen) atoms. The molecule has 2 unspecified atom stereocenters. The molecule has 1 aromatic rings. The smallest absolute Gasteiger partial charge is 0.220 e. The molecule has 3 nitrogen and oxygen atoms in total. The second kappa shape index (κ2) is 7.19. The molecular formula is C14H19F2NO2. The van der Waals surface area contributed by atoms with Crippen LogP contribution >= 0.6 is 0 Å². The third-order valence-corrected chi connectivity index (χ3v) is 3.18. The Labute approximate surface area is 111 Å². The molecule has 2 N–H and O–H groups in total. The predicted octanol–water partition coefficient (Wildman–Crippen LogP) is 2.03. The Morgan fingerprint density at radius 1 is 1.37 bits per heavy atom. The van der Waals surface area contributed by atoms with Gasteiger partial charge < -0.3 is 10.4 Å². The number of aliphatic hydroxyl groups is 1. The molecule has 0 radical (unpaired) electrons. The number of rotatable bonds is 6. The highest BCUT2D eigenvalue weighted by molar-refractivity contribution is 5.76. The van der Waals surface area contributed by atoms with E-state index in [0.29, 0.717) is 0 Å². The quantitative estimate of drug-likeness (QED) is 0.831. The first-order valence-electron chi connectivity index (χ1n) is 6.28. The highest BCUT2D eigenvalue weighted by Crippen LogP contribution is 2.13. The molecule has 0 saturated carbocycles. The van der Waals surface area contributed by atoms with Gasteiger partial charge in [-0.2, -0.15) is 0 Å². The van der Waals surface area contributed by atoms with Crippen LogP contribution in [-0.2, 0) is 11.2 Å². The Morgan fingerprint density at radius 2 is 2.05 bits per heavy atom. The van der Waals surface area contributed by atoms with Crippen LogP contribution in [0.5, 0.6) is 0 Å². The highest BCUT2D eigenvalue weighted by Gasteiger charge is 2.15. The molecule has 0 aliphatic rings. The van der Waals surface area contributed by atoms with Gasteiger partial charge in [0.1, 0.15) is 0 Å². The third-order valence-electron chi connectivity index (χ3n) is 3.18. The monoisotopic (exact) mass is 271 g/mol. The first-order valence-corrected chi connectivity index (χ1v) is 6.28. The first kappa shape index (κ1) is 15.6. The number of halogens is 2.